The second kappa shape index (κ2) is 4.85. The predicted molar refractivity (Wildman–Crippen MR) is 54.1 cm³/mol. The number of hydrogen-bond donors (Lipinski definition) is 0. The molecule has 0 saturated carbocycles. The summed E-state index contributed by atoms with van der Waals surface area (Å²) < 4.78 is 52.1. The molecular formula is C12H14F4. The zero-order valence-electron chi connectivity index (χ0n) is 9.45. The molecule has 0 aliphatic heterocycles. The lowest BCUT2D eigenvalue weighted by Crippen LogP contribution is -2.10. The van der Waals surface area contributed by atoms with E-state index in [0.717, 1.165) is 12.5 Å². The molecule has 0 aliphatic rings. The second-order valence-electron chi connectivity index (χ2n) is 4.06. The van der Waals surface area contributed by atoms with E-state index in [0.29, 0.717) is 0 Å². The van der Waals surface area contributed by atoms with Gasteiger partial charge in [0.15, 0.2) is 23.3 Å². The van der Waals surface area contributed by atoms with Gasteiger partial charge in [-0.15, -0.1) is 0 Å². The molecule has 90 valence electrons. The first-order valence-corrected chi connectivity index (χ1v) is 5.23. The molecule has 2 atom stereocenters. The van der Waals surface area contributed by atoms with Crippen LogP contribution in [0.25, 0.3) is 0 Å². The van der Waals surface area contributed by atoms with Crippen molar-refractivity contribution in [3.63, 3.8) is 0 Å². The van der Waals surface area contributed by atoms with Crippen molar-refractivity contribution in [3.05, 3.63) is 34.9 Å². The number of rotatable bonds is 3. The highest BCUT2D eigenvalue weighted by Crippen LogP contribution is 2.31. The van der Waals surface area contributed by atoms with Gasteiger partial charge in [-0.05, 0) is 23.5 Å². The van der Waals surface area contributed by atoms with Gasteiger partial charge in [-0.25, -0.2) is 17.6 Å². The van der Waals surface area contributed by atoms with Crippen molar-refractivity contribution in [1.82, 2.24) is 0 Å². The summed E-state index contributed by atoms with van der Waals surface area (Å²) in [7, 11) is 0. The third-order valence-electron chi connectivity index (χ3n) is 3.12. The van der Waals surface area contributed by atoms with Crippen molar-refractivity contribution in [2.24, 2.45) is 5.92 Å². The molecule has 1 aromatic rings. The van der Waals surface area contributed by atoms with Gasteiger partial charge in [0.25, 0.3) is 0 Å². The van der Waals surface area contributed by atoms with Crippen LogP contribution in [-0.2, 0) is 0 Å². The topological polar surface area (TPSA) is 0 Å². The third-order valence-corrected chi connectivity index (χ3v) is 3.12. The molecule has 0 aliphatic carbocycles. The lowest BCUT2D eigenvalue weighted by atomic mass is 9.87. The average Bonchev–Trinajstić information content (AvgIpc) is 2.29. The highest BCUT2D eigenvalue weighted by Gasteiger charge is 2.24. The molecule has 1 rings (SSSR count). The van der Waals surface area contributed by atoms with Gasteiger partial charge < -0.3 is 0 Å². The van der Waals surface area contributed by atoms with E-state index in [9.17, 15) is 17.6 Å². The Morgan fingerprint density at radius 2 is 1.56 bits per heavy atom. The smallest absolute Gasteiger partial charge is 0.197 e. The Bertz CT molecular complexity index is 387. The SMILES string of the molecule is CCC(C)C(C)c1cc(F)c(F)c(F)c1F. The fraction of sp³-hybridized carbons (Fsp3) is 0.500. The first kappa shape index (κ1) is 13.0. The van der Waals surface area contributed by atoms with Gasteiger partial charge in [0.05, 0.1) is 0 Å². The second-order valence-corrected chi connectivity index (χ2v) is 4.06. The maximum absolute atomic E-state index is 13.4. The third kappa shape index (κ3) is 2.20. The number of hydrogen-bond acceptors (Lipinski definition) is 0. The largest absolute Gasteiger partial charge is 0.204 e. The van der Waals surface area contributed by atoms with Crippen molar-refractivity contribution >= 4 is 0 Å². The van der Waals surface area contributed by atoms with Gasteiger partial charge in [-0.2, -0.15) is 0 Å². The van der Waals surface area contributed by atoms with Crippen LogP contribution in [0.3, 0.4) is 0 Å². The molecule has 0 spiro atoms. The maximum Gasteiger partial charge on any atom is 0.197 e. The molecule has 1 aromatic carbocycles. The molecule has 0 fully saturated rings. The van der Waals surface area contributed by atoms with Crippen LogP contribution in [-0.4, -0.2) is 0 Å². The van der Waals surface area contributed by atoms with Crippen LogP contribution in [0.4, 0.5) is 17.6 Å². The number of benzene rings is 1. The Hall–Kier alpha value is -1.06. The molecule has 0 radical (unpaired) electrons. The van der Waals surface area contributed by atoms with Crippen molar-refractivity contribution in [1.29, 1.82) is 0 Å². The van der Waals surface area contributed by atoms with E-state index in [4.69, 9.17) is 0 Å². The average molecular weight is 234 g/mol. The first-order chi connectivity index (χ1) is 7.40. The lowest BCUT2D eigenvalue weighted by molar-refractivity contribution is 0.386. The van der Waals surface area contributed by atoms with E-state index < -0.39 is 23.3 Å². The molecule has 0 aromatic heterocycles. The molecular weight excluding hydrogens is 220 g/mol. The monoisotopic (exact) mass is 234 g/mol. The van der Waals surface area contributed by atoms with Crippen LogP contribution >= 0.6 is 0 Å². The summed E-state index contributed by atoms with van der Waals surface area (Å²) in [6.07, 6.45) is 0.751. The van der Waals surface area contributed by atoms with E-state index in [2.05, 4.69) is 0 Å². The molecule has 0 N–H and O–H groups in total. The van der Waals surface area contributed by atoms with Crippen molar-refractivity contribution in [3.8, 4) is 0 Å². The Morgan fingerprint density at radius 1 is 1.00 bits per heavy atom. The van der Waals surface area contributed by atoms with Gasteiger partial charge in [-0.3, -0.25) is 0 Å². The molecule has 0 nitrogen and oxygen atoms in total. The summed E-state index contributed by atoms with van der Waals surface area (Å²) in [5, 5.41) is 0. The van der Waals surface area contributed by atoms with Crippen molar-refractivity contribution in [2.45, 2.75) is 33.1 Å². The summed E-state index contributed by atoms with van der Waals surface area (Å²) in [6, 6.07) is 0.741. The summed E-state index contributed by atoms with van der Waals surface area (Å²) in [4.78, 5) is 0. The molecule has 0 heterocycles. The van der Waals surface area contributed by atoms with Crippen LogP contribution in [0, 0.1) is 29.2 Å². The van der Waals surface area contributed by atoms with Crippen LogP contribution in [0.2, 0.25) is 0 Å². The Morgan fingerprint density at radius 3 is 2.06 bits per heavy atom. The fourth-order valence-corrected chi connectivity index (χ4v) is 1.58. The van der Waals surface area contributed by atoms with Crippen LogP contribution < -0.4 is 0 Å². The van der Waals surface area contributed by atoms with E-state index in [-0.39, 0.29) is 17.4 Å². The number of halogens is 4. The zero-order chi connectivity index (χ0) is 12.5. The summed E-state index contributed by atoms with van der Waals surface area (Å²) in [6.45, 7) is 5.42. The summed E-state index contributed by atoms with van der Waals surface area (Å²) in [5.41, 5.74) is -0.106. The van der Waals surface area contributed by atoms with Gasteiger partial charge in [0.1, 0.15) is 0 Å². The maximum atomic E-state index is 13.4. The minimum atomic E-state index is -1.75. The molecule has 2 unspecified atom stereocenters. The zero-order valence-corrected chi connectivity index (χ0v) is 9.45. The highest BCUT2D eigenvalue weighted by molar-refractivity contribution is 5.25. The van der Waals surface area contributed by atoms with E-state index in [1.807, 2.05) is 13.8 Å². The van der Waals surface area contributed by atoms with Crippen LogP contribution in [0.1, 0.15) is 38.7 Å². The Kier molecular flexibility index (Phi) is 3.94. The molecule has 0 saturated heterocycles. The van der Waals surface area contributed by atoms with Gasteiger partial charge in [-0.1, -0.05) is 27.2 Å². The lowest BCUT2D eigenvalue weighted by Gasteiger charge is -2.19. The molecule has 16 heavy (non-hydrogen) atoms. The first-order valence-electron chi connectivity index (χ1n) is 5.23. The van der Waals surface area contributed by atoms with E-state index in [1.54, 1.807) is 6.92 Å². The van der Waals surface area contributed by atoms with Crippen LogP contribution in [0.15, 0.2) is 6.07 Å². The fourth-order valence-electron chi connectivity index (χ4n) is 1.58. The summed E-state index contributed by atoms with van der Waals surface area (Å²) in [5.74, 6) is -6.40. The summed E-state index contributed by atoms with van der Waals surface area (Å²) >= 11 is 0. The highest BCUT2D eigenvalue weighted by atomic mass is 19.2. The van der Waals surface area contributed by atoms with Crippen LogP contribution in [0.5, 0.6) is 0 Å². The van der Waals surface area contributed by atoms with E-state index >= 15 is 0 Å². The normalized spacial score (nSPS) is 14.9. The standard InChI is InChI=1S/C12H14F4/c1-4-6(2)7(3)8-5-9(13)11(15)12(16)10(8)14/h5-7H,4H2,1-3H3. The molecule has 0 bridgehead atoms. The van der Waals surface area contributed by atoms with Crippen molar-refractivity contribution in [2.75, 3.05) is 0 Å². The van der Waals surface area contributed by atoms with Crippen molar-refractivity contribution < 1.29 is 17.6 Å². The van der Waals surface area contributed by atoms with E-state index in [1.165, 1.54) is 0 Å². The minimum Gasteiger partial charge on any atom is -0.204 e. The Balaban J connectivity index is 3.25. The molecule has 0 amide bonds. The quantitative estimate of drug-likeness (QED) is 0.413. The minimum absolute atomic E-state index is 0.0683. The molecule has 4 heteroatoms. The Labute approximate surface area is 92.3 Å². The van der Waals surface area contributed by atoms with Gasteiger partial charge in [0.2, 0.25) is 0 Å². The van der Waals surface area contributed by atoms with Gasteiger partial charge >= 0.3 is 0 Å². The predicted octanol–water partition coefficient (Wildman–Crippen LogP) is 4.39. The van der Waals surface area contributed by atoms with Gasteiger partial charge in [0, 0.05) is 0 Å².